The van der Waals surface area contributed by atoms with Gasteiger partial charge in [0.15, 0.2) is 0 Å². The number of aromatic nitrogens is 2. The number of nitrogens with zero attached hydrogens (tertiary/aromatic N) is 2. The van der Waals surface area contributed by atoms with Crippen molar-refractivity contribution in [1.82, 2.24) is 14.9 Å². The number of amides is 1. The fourth-order valence-electron chi connectivity index (χ4n) is 6.53. The monoisotopic (exact) mass is 725 g/mol. The number of nitrogens with one attached hydrogen (secondary N) is 1. The molecule has 1 heterocycles. The molecule has 1 aromatic heterocycles. The van der Waals surface area contributed by atoms with Gasteiger partial charge in [0.2, 0.25) is 5.12 Å². The lowest BCUT2D eigenvalue weighted by Crippen LogP contribution is -2.38. The Bertz CT molecular complexity index is 2300. The number of thioether (sulfide) groups is 1. The van der Waals surface area contributed by atoms with Gasteiger partial charge in [-0.1, -0.05) is 110 Å². The molecule has 0 aliphatic rings. The molecular weight excluding hydrogens is 687 g/mol. The Hall–Kier alpha value is -6.00. The minimum absolute atomic E-state index is 0.0285. The van der Waals surface area contributed by atoms with Gasteiger partial charge in [0.05, 0.1) is 28.7 Å². The van der Waals surface area contributed by atoms with Crippen molar-refractivity contribution < 1.29 is 29.4 Å². The number of aromatic carboxylic acids is 2. The summed E-state index contributed by atoms with van der Waals surface area (Å²) in [6, 6.07) is 33.7. The van der Waals surface area contributed by atoms with Gasteiger partial charge in [0.1, 0.15) is 5.82 Å². The lowest BCUT2D eigenvalue weighted by atomic mass is 9.95. The molecule has 0 radical (unpaired) electrons. The minimum Gasteiger partial charge on any atom is -0.478 e. The van der Waals surface area contributed by atoms with Crippen LogP contribution in [0.15, 0.2) is 115 Å². The molecule has 0 saturated carbocycles. The second kappa shape index (κ2) is 16.6. The molecule has 6 rings (SSSR count). The zero-order valence-corrected chi connectivity index (χ0v) is 30.2. The molecule has 10 heteroatoms. The molecule has 0 aliphatic carbocycles. The van der Waals surface area contributed by atoms with Gasteiger partial charge in [0.25, 0.3) is 5.91 Å². The van der Waals surface area contributed by atoms with Gasteiger partial charge in [-0.3, -0.25) is 9.59 Å². The summed E-state index contributed by atoms with van der Waals surface area (Å²) in [5.74, 6) is -1.40. The van der Waals surface area contributed by atoms with Crippen LogP contribution in [-0.4, -0.2) is 54.5 Å². The van der Waals surface area contributed by atoms with Crippen LogP contribution in [0.1, 0.15) is 77.3 Å². The van der Waals surface area contributed by atoms with E-state index in [2.05, 4.69) is 12.2 Å². The zero-order valence-electron chi connectivity index (χ0n) is 29.4. The summed E-state index contributed by atoms with van der Waals surface area (Å²) < 4.78 is 2.01. The van der Waals surface area contributed by atoms with Crippen molar-refractivity contribution in [2.24, 2.45) is 0 Å². The van der Waals surface area contributed by atoms with Gasteiger partial charge in [-0.2, -0.15) is 0 Å². The number of carbonyl (C=O) groups excluding carboxylic acids is 2. The molecule has 3 N–H and O–H groups in total. The molecule has 0 spiro atoms. The van der Waals surface area contributed by atoms with E-state index in [-0.39, 0.29) is 40.0 Å². The number of aryl methyl sites for hydroxylation is 2. The van der Waals surface area contributed by atoms with Crippen molar-refractivity contribution in [1.29, 1.82) is 0 Å². The number of fused-ring (bicyclic) bond motifs is 1. The van der Waals surface area contributed by atoms with Gasteiger partial charge < -0.3 is 20.1 Å². The van der Waals surface area contributed by atoms with E-state index in [0.717, 1.165) is 51.7 Å². The molecule has 1 atom stereocenters. The van der Waals surface area contributed by atoms with E-state index in [1.165, 1.54) is 18.2 Å². The highest BCUT2D eigenvalue weighted by atomic mass is 32.2. The molecule has 5 aromatic carbocycles. The largest absolute Gasteiger partial charge is 0.478 e. The molecule has 0 saturated heterocycles. The van der Waals surface area contributed by atoms with E-state index in [1.807, 2.05) is 90.4 Å². The van der Waals surface area contributed by atoms with Crippen LogP contribution in [0, 0.1) is 6.92 Å². The second-order valence-corrected chi connectivity index (χ2v) is 13.9. The number of imidazole rings is 1. The van der Waals surface area contributed by atoms with E-state index >= 15 is 0 Å². The summed E-state index contributed by atoms with van der Waals surface area (Å²) >= 11 is 1.03. The Balaban J connectivity index is 1.32. The van der Waals surface area contributed by atoms with Crippen LogP contribution in [0.3, 0.4) is 0 Å². The highest BCUT2D eigenvalue weighted by molar-refractivity contribution is 8.14. The quantitative estimate of drug-likeness (QED) is 0.102. The molecule has 0 bridgehead atoms. The number of hydrogen-bond acceptors (Lipinski definition) is 6. The summed E-state index contributed by atoms with van der Waals surface area (Å²) in [6.45, 7) is 4.22. The van der Waals surface area contributed by atoms with Crippen molar-refractivity contribution in [2.45, 2.75) is 45.7 Å². The maximum atomic E-state index is 14.0. The van der Waals surface area contributed by atoms with E-state index in [1.54, 1.807) is 18.2 Å². The highest BCUT2D eigenvalue weighted by Crippen LogP contribution is 2.30. The lowest BCUT2D eigenvalue weighted by Gasteiger charge is -2.19. The van der Waals surface area contributed by atoms with E-state index < -0.39 is 18.0 Å². The predicted molar refractivity (Wildman–Crippen MR) is 208 cm³/mol. The third-order valence-electron chi connectivity index (χ3n) is 9.06. The lowest BCUT2D eigenvalue weighted by molar-refractivity contribution is 0.0685. The Morgan fingerprint density at radius 1 is 0.792 bits per heavy atom. The smallest absolute Gasteiger partial charge is 0.336 e. The van der Waals surface area contributed by atoms with Gasteiger partial charge >= 0.3 is 11.9 Å². The normalized spacial score (nSPS) is 11.7. The third kappa shape index (κ3) is 8.56. The average Bonchev–Trinajstić information content (AvgIpc) is 3.51. The molecule has 0 unspecified atom stereocenters. The first-order chi connectivity index (χ1) is 25.6. The van der Waals surface area contributed by atoms with Crippen LogP contribution in [-0.2, 0) is 19.4 Å². The molecule has 0 aliphatic heterocycles. The van der Waals surface area contributed by atoms with Crippen LogP contribution in [0.25, 0.3) is 22.2 Å². The number of benzene rings is 5. The minimum atomic E-state index is -1.11. The Morgan fingerprint density at radius 3 is 2.19 bits per heavy atom. The van der Waals surface area contributed by atoms with Crippen molar-refractivity contribution in [2.75, 3.05) is 5.75 Å². The maximum absolute atomic E-state index is 14.0. The van der Waals surface area contributed by atoms with Crippen LogP contribution < -0.4 is 5.32 Å². The first-order valence-electron chi connectivity index (χ1n) is 17.4. The van der Waals surface area contributed by atoms with E-state index in [4.69, 9.17) is 4.98 Å². The van der Waals surface area contributed by atoms with Crippen molar-refractivity contribution in [3.8, 4) is 11.1 Å². The van der Waals surface area contributed by atoms with E-state index in [9.17, 15) is 29.4 Å². The standard InChI is InChI=1S/C43H39N3O6S/c1-3-12-37-45-39-27(2)21-33(24-36(39)46(37)25-32-19-11-20-35(38(32)42(50)51)29-15-8-5-9-16-29)40(47)44-34(22-28-13-6-4-7-14-28)26-53-43(52)31-18-10-17-30(23-31)41(48)49/h4-11,13-21,23-24,34H,3,12,22,25-26H2,1-2H3,(H,44,47)(H,48,49)(H,50,51)/t34-/m1/s1. The summed E-state index contributed by atoms with van der Waals surface area (Å²) in [6.07, 6.45) is 1.96. The summed E-state index contributed by atoms with van der Waals surface area (Å²) in [5.41, 5.74) is 6.27. The molecule has 1 amide bonds. The van der Waals surface area contributed by atoms with Gasteiger partial charge in [-0.05, 0) is 71.8 Å². The van der Waals surface area contributed by atoms with Crippen LogP contribution in [0.5, 0.6) is 0 Å². The van der Waals surface area contributed by atoms with Gasteiger partial charge in [0, 0.05) is 29.3 Å². The van der Waals surface area contributed by atoms with Crippen LogP contribution in [0.4, 0.5) is 0 Å². The van der Waals surface area contributed by atoms with Crippen molar-refractivity contribution in [3.63, 3.8) is 0 Å². The van der Waals surface area contributed by atoms with Crippen molar-refractivity contribution in [3.05, 3.63) is 160 Å². The SMILES string of the molecule is CCCc1nc2c(C)cc(C(=O)N[C@@H](CSC(=O)c3cccc(C(=O)O)c3)Cc3ccccc3)cc2n1Cc1cccc(-c2ccccc2)c1C(=O)O. The fraction of sp³-hybridized carbons (Fsp3) is 0.186. The van der Waals surface area contributed by atoms with Crippen LogP contribution >= 0.6 is 11.8 Å². The summed E-state index contributed by atoms with van der Waals surface area (Å²) in [7, 11) is 0. The Kier molecular flexibility index (Phi) is 11.5. The van der Waals surface area contributed by atoms with Gasteiger partial charge in [-0.25, -0.2) is 14.6 Å². The Morgan fingerprint density at radius 2 is 1.49 bits per heavy atom. The highest BCUT2D eigenvalue weighted by Gasteiger charge is 2.23. The zero-order chi connectivity index (χ0) is 37.5. The molecule has 268 valence electrons. The van der Waals surface area contributed by atoms with Gasteiger partial charge in [-0.15, -0.1) is 0 Å². The van der Waals surface area contributed by atoms with E-state index in [0.29, 0.717) is 29.5 Å². The Labute approximate surface area is 311 Å². The first kappa shape index (κ1) is 36.8. The maximum Gasteiger partial charge on any atom is 0.336 e. The molecule has 0 fully saturated rings. The molecule has 6 aromatic rings. The number of rotatable bonds is 14. The second-order valence-electron chi connectivity index (χ2n) is 12.9. The third-order valence-corrected chi connectivity index (χ3v) is 10.1. The number of carboxylic acids is 2. The predicted octanol–water partition coefficient (Wildman–Crippen LogP) is 8.32. The molecule has 53 heavy (non-hydrogen) atoms. The fourth-order valence-corrected chi connectivity index (χ4v) is 7.38. The molecular formula is C43H39N3O6S. The number of carbonyl (C=O) groups is 4. The van der Waals surface area contributed by atoms with Crippen LogP contribution in [0.2, 0.25) is 0 Å². The number of carboxylic acid groups (broad SMARTS) is 2. The summed E-state index contributed by atoms with van der Waals surface area (Å²) in [4.78, 5) is 56.4. The molecule has 9 nitrogen and oxygen atoms in total. The van der Waals surface area contributed by atoms with Crippen molar-refractivity contribution >= 4 is 45.8 Å². The first-order valence-corrected chi connectivity index (χ1v) is 18.4. The topological polar surface area (TPSA) is 139 Å². The number of hydrogen-bond donors (Lipinski definition) is 3. The average molecular weight is 726 g/mol. The summed E-state index contributed by atoms with van der Waals surface area (Å²) in [5, 5.41) is 22.7.